The van der Waals surface area contributed by atoms with Crippen molar-refractivity contribution in [3.63, 3.8) is 0 Å². The first kappa shape index (κ1) is 12.9. The Kier molecular flexibility index (Phi) is 5.56. The van der Waals surface area contributed by atoms with E-state index >= 15 is 0 Å². The summed E-state index contributed by atoms with van der Waals surface area (Å²) in [5.41, 5.74) is 0. The molecule has 0 aromatic carbocycles. The van der Waals surface area contributed by atoms with Gasteiger partial charge in [0.25, 0.3) is 0 Å². The Morgan fingerprint density at radius 1 is 1.62 bits per heavy atom. The number of aliphatic hydroxyl groups excluding tert-OH is 1. The van der Waals surface area contributed by atoms with Crippen LogP contribution in [-0.4, -0.2) is 28.5 Å². The first-order valence-corrected chi connectivity index (χ1v) is 5.25. The number of carbonyl (C=O) groups is 1. The molecule has 13 heavy (non-hydrogen) atoms. The van der Waals surface area contributed by atoms with Gasteiger partial charge in [-0.1, -0.05) is 22.9 Å². The Hall–Kier alpha value is -0.0900. The summed E-state index contributed by atoms with van der Waals surface area (Å²) < 4.78 is -0.508. The molecule has 78 valence electrons. The minimum Gasteiger partial charge on any atom is -0.396 e. The van der Waals surface area contributed by atoms with E-state index in [1.54, 1.807) is 13.8 Å². The van der Waals surface area contributed by atoms with E-state index in [9.17, 15) is 4.79 Å². The predicted molar refractivity (Wildman–Crippen MR) is 56.9 cm³/mol. The van der Waals surface area contributed by atoms with Crippen LogP contribution in [0, 0.1) is 5.92 Å². The largest absolute Gasteiger partial charge is 0.396 e. The molecule has 0 aromatic heterocycles. The predicted octanol–water partition coefficient (Wildman–Crippen LogP) is 1.29. The summed E-state index contributed by atoms with van der Waals surface area (Å²) in [6, 6.07) is 0. The standard InChI is InChI=1S/C9H18BrNO2/c1-7(4-5-12)6-11-8(13)9(2,3)10/h7,12H,4-6H2,1-3H3,(H,11,13). The molecule has 0 rings (SSSR count). The summed E-state index contributed by atoms with van der Waals surface area (Å²) >= 11 is 3.27. The number of rotatable bonds is 5. The van der Waals surface area contributed by atoms with Gasteiger partial charge >= 0.3 is 0 Å². The van der Waals surface area contributed by atoms with Gasteiger partial charge in [-0.15, -0.1) is 0 Å². The minimum absolute atomic E-state index is 0.0164. The normalized spacial score (nSPS) is 13.9. The Bertz CT molecular complexity index is 165. The van der Waals surface area contributed by atoms with Crippen molar-refractivity contribution < 1.29 is 9.90 Å². The molecular weight excluding hydrogens is 234 g/mol. The summed E-state index contributed by atoms with van der Waals surface area (Å²) in [5, 5.41) is 11.5. The van der Waals surface area contributed by atoms with Crippen molar-refractivity contribution in [2.24, 2.45) is 5.92 Å². The molecule has 0 bridgehead atoms. The molecule has 0 fully saturated rings. The van der Waals surface area contributed by atoms with Gasteiger partial charge in [0.15, 0.2) is 0 Å². The topological polar surface area (TPSA) is 49.3 Å². The lowest BCUT2D eigenvalue weighted by atomic mass is 10.1. The van der Waals surface area contributed by atoms with Crippen molar-refractivity contribution in [1.82, 2.24) is 5.32 Å². The van der Waals surface area contributed by atoms with E-state index in [-0.39, 0.29) is 12.5 Å². The Balaban J connectivity index is 3.71. The molecule has 4 heteroatoms. The van der Waals surface area contributed by atoms with Gasteiger partial charge in [0, 0.05) is 13.2 Å². The molecule has 0 spiro atoms. The zero-order valence-electron chi connectivity index (χ0n) is 8.43. The molecule has 0 aliphatic rings. The van der Waals surface area contributed by atoms with Crippen molar-refractivity contribution in [3.8, 4) is 0 Å². The van der Waals surface area contributed by atoms with Crippen molar-refractivity contribution in [2.45, 2.75) is 31.5 Å². The van der Waals surface area contributed by atoms with Gasteiger partial charge in [-0.3, -0.25) is 4.79 Å². The fourth-order valence-electron chi connectivity index (χ4n) is 0.800. The van der Waals surface area contributed by atoms with Gasteiger partial charge in [0.05, 0.1) is 4.32 Å². The van der Waals surface area contributed by atoms with Crippen LogP contribution in [0.1, 0.15) is 27.2 Å². The Morgan fingerprint density at radius 3 is 2.54 bits per heavy atom. The molecule has 0 heterocycles. The van der Waals surface area contributed by atoms with Crippen LogP contribution in [0.4, 0.5) is 0 Å². The van der Waals surface area contributed by atoms with Crippen molar-refractivity contribution >= 4 is 21.8 Å². The van der Waals surface area contributed by atoms with Crippen LogP contribution in [-0.2, 0) is 4.79 Å². The van der Waals surface area contributed by atoms with E-state index in [4.69, 9.17) is 5.11 Å². The average molecular weight is 252 g/mol. The summed E-state index contributed by atoms with van der Waals surface area (Å²) in [4.78, 5) is 11.4. The lowest BCUT2D eigenvalue weighted by molar-refractivity contribution is -0.122. The number of hydrogen-bond donors (Lipinski definition) is 2. The highest BCUT2D eigenvalue weighted by molar-refractivity contribution is 9.10. The molecule has 0 aliphatic heterocycles. The van der Waals surface area contributed by atoms with Gasteiger partial charge in [-0.2, -0.15) is 0 Å². The lowest BCUT2D eigenvalue weighted by Crippen LogP contribution is -2.39. The third-order valence-electron chi connectivity index (χ3n) is 1.77. The van der Waals surface area contributed by atoms with Gasteiger partial charge < -0.3 is 10.4 Å². The van der Waals surface area contributed by atoms with Gasteiger partial charge in [0.1, 0.15) is 0 Å². The number of nitrogens with one attached hydrogen (secondary N) is 1. The maximum atomic E-state index is 11.4. The smallest absolute Gasteiger partial charge is 0.236 e. The number of aliphatic hydroxyl groups is 1. The van der Waals surface area contributed by atoms with Crippen LogP contribution in [0.3, 0.4) is 0 Å². The van der Waals surface area contributed by atoms with Crippen LogP contribution in [0.25, 0.3) is 0 Å². The molecule has 1 unspecified atom stereocenters. The molecule has 1 amide bonds. The second kappa shape index (κ2) is 5.60. The second-order valence-electron chi connectivity index (χ2n) is 3.80. The highest BCUT2D eigenvalue weighted by Gasteiger charge is 2.23. The SMILES string of the molecule is CC(CCO)CNC(=O)C(C)(C)Br. The molecule has 0 radical (unpaired) electrons. The molecule has 3 nitrogen and oxygen atoms in total. The zero-order chi connectivity index (χ0) is 10.5. The number of hydrogen-bond acceptors (Lipinski definition) is 2. The van der Waals surface area contributed by atoms with E-state index in [1.165, 1.54) is 0 Å². The van der Waals surface area contributed by atoms with Crippen molar-refractivity contribution in [3.05, 3.63) is 0 Å². The maximum Gasteiger partial charge on any atom is 0.236 e. The molecule has 0 saturated heterocycles. The molecule has 0 aliphatic carbocycles. The minimum atomic E-state index is -0.508. The van der Waals surface area contributed by atoms with Crippen LogP contribution < -0.4 is 5.32 Å². The van der Waals surface area contributed by atoms with E-state index in [1.807, 2.05) is 6.92 Å². The van der Waals surface area contributed by atoms with Crippen molar-refractivity contribution in [1.29, 1.82) is 0 Å². The number of carbonyl (C=O) groups excluding carboxylic acids is 1. The highest BCUT2D eigenvalue weighted by atomic mass is 79.9. The van der Waals surface area contributed by atoms with Crippen molar-refractivity contribution in [2.75, 3.05) is 13.2 Å². The molecule has 0 saturated carbocycles. The van der Waals surface area contributed by atoms with Crippen LogP contribution in [0.5, 0.6) is 0 Å². The third-order valence-corrected chi connectivity index (χ3v) is 2.13. The average Bonchev–Trinajstić information content (AvgIpc) is 1.99. The first-order valence-electron chi connectivity index (χ1n) is 4.46. The van der Waals surface area contributed by atoms with E-state index in [0.717, 1.165) is 6.42 Å². The van der Waals surface area contributed by atoms with Crippen LogP contribution in [0.2, 0.25) is 0 Å². The quantitative estimate of drug-likeness (QED) is 0.724. The van der Waals surface area contributed by atoms with E-state index in [2.05, 4.69) is 21.2 Å². The molecule has 1 atom stereocenters. The number of alkyl halides is 1. The maximum absolute atomic E-state index is 11.4. The van der Waals surface area contributed by atoms with Crippen LogP contribution in [0.15, 0.2) is 0 Å². The van der Waals surface area contributed by atoms with Crippen LogP contribution >= 0.6 is 15.9 Å². The molecular formula is C9H18BrNO2. The Morgan fingerprint density at radius 2 is 2.15 bits per heavy atom. The fraction of sp³-hybridized carbons (Fsp3) is 0.889. The number of amides is 1. The fourth-order valence-corrected chi connectivity index (χ4v) is 0.940. The van der Waals surface area contributed by atoms with E-state index < -0.39 is 4.32 Å². The zero-order valence-corrected chi connectivity index (χ0v) is 10.0. The summed E-state index contributed by atoms with van der Waals surface area (Å²) in [5.74, 6) is 0.307. The molecule has 0 aromatic rings. The second-order valence-corrected chi connectivity index (χ2v) is 5.78. The molecule has 2 N–H and O–H groups in total. The lowest BCUT2D eigenvalue weighted by Gasteiger charge is -2.18. The van der Waals surface area contributed by atoms with Gasteiger partial charge in [0.2, 0.25) is 5.91 Å². The third kappa shape index (κ3) is 6.05. The monoisotopic (exact) mass is 251 g/mol. The first-order chi connectivity index (χ1) is 5.88. The summed E-state index contributed by atoms with van der Waals surface area (Å²) in [6.45, 7) is 6.40. The van der Waals surface area contributed by atoms with Gasteiger partial charge in [-0.25, -0.2) is 0 Å². The number of halogens is 1. The highest BCUT2D eigenvalue weighted by Crippen LogP contribution is 2.15. The van der Waals surface area contributed by atoms with E-state index in [0.29, 0.717) is 12.5 Å². The Labute approximate surface area is 88.0 Å². The van der Waals surface area contributed by atoms with Gasteiger partial charge in [-0.05, 0) is 26.2 Å². The summed E-state index contributed by atoms with van der Waals surface area (Å²) in [6.07, 6.45) is 0.725. The summed E-state index contributed by atoms with van der Waals surface area (Å²) in [7, 11) is 0.